The highest BCUT2D eigenvalue weighted by atomic mass is 16.2. The Kier molecular flexibility index (Phi) is 6.59. The largest absolute Gasteiger partial charge is 0.350 e. The maximum atomic E-state index is 12.2. The van der Waals surface area contributed by atoms with E-state index < -0.39 is 0 Å². The van der Waals surface area contributed by atoms with Gasteiger partial charge in [-0.15, -0.1) is 0 Å². The molecule has 0 fully saturated rings. The molecular formula is C16H27N3O2. The Morgan fingerprint density at radius 1 is 1.24 bits per heavy atom. The number of carbonyl (C=O) groups is 1. The number of aromatic nitrogens is 2. The minimum absolute atomic E-state index is 0.171. The topological polar surface area (TPSA) is 64.0 Å². The van der Waals surface area contributed by atoms with Gasteiger partial charge in [0.2, 0.25) is 0 Å². The molecule has 1 heterocycles. The number of amides is 1. The van der Waals surface area contributed by atoms with E-state index in [0.29, 0.717) is 36.5 Å². The third kappa shape index (κ3) is 4.99. The molecule has 5 heteroatoms. The summed E-state index contributed by atoms with van der Waals surface area (Å²) in [6, 6.07) is 2.89. The standard InChI is InChI=1S/C16H27N3O2/c1-6-9-19-15(20)8-7-14(18-19)16(21)17-10-13(11(2)3)12(4)5/h7-8,11-13H,6,9-10H2,1-5H3,(H,17,21). The van der Waals surface area contributed by atoms with Gasteiger partial charge in [-0.05, 0) is 30.2 Å². The fraction of sp³-hybridized carbons (Fsp3) is 0.688. The molecule has 0 aliphatic rings. The summed E-state index contributed by atoms with van der Waals surface area (Å²) in [4.78, 5) is 23.8. The molecule has 1 aromatic rings. The van der Waals surface area contributed by atoms with Crippen molar-refractivity contribution in [1.82, 2.24) is 15.1 Å². The molecule has 0 unspecified atom stereocenters. The van der Waals surface area contributed by atoms with E-state index in [1.807, 2.05) is 6.92 Å². The first kappa shape index (κ1) is 17.4. The molecule has 0 radical (unpaired) electrons. The molecule has 21 heavy (non-hydrogen) atoms. The summed E-state index contributed by atoms with van der Waals surface area (Å²) >= 11 is 0. The molecular weight excluding hydrogens is 266 g/mol. The molecule has 0 aliphatic carbocycles. The summed E-state index contributed by atoms with van der Waals surface area (Å²) in [6.07, 6.45) is 0.806. The van der Waals surface area contributed by atoms with Crippen LogP contribution in [0.3, 0.4) is 0 Å². The van der Waals surface area contributed by atoms with Crippen LogP contribution >= 0.6 is 0 Å². The van der Waals surface area contributed by atoms with E-state index in [1.165, 1.54) is 16.8 Å². The maximum absolute atomic E-state index is 12.2. The number of nitrogens with one attached hydrogen (secondary N) is 1. The highest BCUT2D eigenvalue weighted by Gasteiger charge is 2.19. The summed E-state index contributed by atoms with van der Waals surface area (Å²) in [5.41, 5.74) is 0.130. The lowest BCUT2D eigenvalue weighted by atomic mass is 9.85. The molecule has 0 aliphatic heterocycles. The average Bonchev–Trinajstić information content (AvgIpc) is 2.40. The van der Waals surface area contributed by atoms with Crippen LogP contribution in [0.25, 0.3) is 0 Å². The van der Waals surface area contributed by atoms with Gasteiger partial charge in [-0.1, -0.05) is 34.6 Å². The highest BCUT2D eigenvalue weighted by Crippen LogP contribution is 2.19. The quantitative estimate of drug-likeness (QED) is 0.839. The molecule has 1 rings (SSSR count). The van der Waals surface area contributed by atoms with Crippen LogP contribution in [0, 0.1) is 17.8 Å². The Morgan fingerprint density at radius 3 is 2.38 bits per heavy atom. The fourth-order valence-electron chi connectivity index (χ4n) is 2.48. The Hall–Kier alpha value is -1.65. The van der Waals surface area contributed by atoms with Gasteiger partial charge in [0.15, 0.2) is 0 Å². The Bertz CT molecular complexity index is 512. The van der Waals surface area contributed by atoms with Crippen LogP contribution in [0.1, 0.15) is 51.5 Å². The second-order valence-electron chi connectivity index (χ2n) is 6.14. The van der Waals surface area contributed by atoms with Crippen LogP contribution in [-0.4, -0.2) is 22.2 Å². The number of hydrogen-bond donors (Lipinski definition) is 1. The van der Waals surface area contributed by atoms with Gasteiger partial charge in [0.1, 0.15) is 5.69 Å². The molecule has 0 bridgehead atoms. The number of hydrogen-bond acceptors (Lipinski definition) is 3. The summed E-state index contributed by atoms with van der Waals surface area (Å²) in [7, 11) is 0. The van der Waals surface area contributed by atoms with Crippen molar-refractivity contribution >= 4 is 5.91 Å². The van der Waals surface area contributed by atoms with E-state index in [9.17, 15) is 9.59 Å². The molecule has 118 valence electrons. The lowest BCUT2D eigenvalue weighted by molar-refractivity contribution is 0.0929. The molecule has 0 saturated carbocycles. The monoisotopic (exact) mass is 293 g/mol. The molecule has 1 aromatic heterocycles. The van der Waals surface area contributed by atoms with Gasteiger partial charge in [-0.3, -0.25) is 9.59 Å². The number of carbonyl (C=O) groups excluding carboxylic acids is 1. The van der Waals surface area contributed by atoms with Gasteiger partial charge in [-0.2, -0.15) is 5.10 Å². The molecule has 0 atom stereocenters. The van der Waals surface area contributed by atoms with Crippen LogP contribution in [0.2, 0.25) is 0 Å². The van der Waals surface area contributed by atoms with Crippen molar-refractivity contribution in [3.05, 3.63) is 28.2 Å². The van der Waals surface area contributed by atoms with Gasteiger partial charge in [0.25, 0.3) is 11.5 Å². The van der Waals surface area contributed by atoms with Crippen LogP contribution < -0.4 is 10.9 Å². The van der Waals surface area contributed by atoms with E-state index >= 15 is 0 Å². The van der Waals surface area contributed by atoms with E-state index in [1.54, 1.807) is 0 Å². The van der Waals surface area contributed by atoms with Crippen molar-refractivity contribution in [2.24, 2.45) is 17.8 Å². The van der Waals surface area contributed by atoms with Crippen LogP contribution in [-0.2, 0) is 6.54 Å². The Balaban J connectivity index is 2.76. The molecule has 0 spiro atoms. The van der Waals surface area contributed by atoms with Crippen molar-refractivity contribution in [1.29, 1.82) is 0 Å². The van der Waals surface area contributed by atoms with Crippen molar-refractivity contribution in [3.8, 4) is 0 Å². The van der Waals surface area contributed by atoms with Crippen molar-refractivity contribution in [2.75, 3.05) is 6.54 Å². The maximum Gasteiger partial charge on any atom is 0.271 e. The first-order valence-corrected chi connectivity index (χ1v) is 7.73. The Morgan fingerprint density at radius 2 is 1.86 bits per heavy atom. The van der Waals surface area contributed by atoms with Crippen LogP contribution in [0.4, 0.5) is 0 Å². The number of nitrogens with zero attached hydrogens (tertiary/aromatic N) is 2. The van der Waals surface area contributed by atoms with Gasteiger partial charge >= 0.3 is 0 Å². The van der Waals surface area contributed by atoms with Gasteiger partial charge in [0, 0.05) is 19.2 Å². The van der Waals surface area contributed by atoms with Crippen LogP contribution in [0.15, 0.2) is 16.9 Å². The zero-order chi connectivity index (χ0) is 16.0. The van der Waals surface area contributed by atoms with E-state index in [2.05, 4.69) is 38.1 Å². The molecule has 1 amide bonds. The molecule has 5 nitrogen and oxygen atoms in total. The smallest absolute Gasteiger partial charge is 0.271 e. The zero-order valence-electron chi connectivity index (χ0n) is 13.7. The summed E-state index contributed by atoms with van der Waals surface area (Å²) < 4.78 is 1.34. The first-order valence-electron chi connectivity index (χ1n) is 7.73. The molecule has 1 N–H and O–H groups in total. The minimum Gasteiger partial charge on any atom is -0.350 e. The van der Waals surface area contributed by atoms with Crippen molar-refractivity contribution in [3.63, 3.8) is 0 Å². The first-order chi connectivity index (χ1) is 9.86. The number of aryl methyl sites for hydroxylation is 1. The second kappa shape index (κ2) is 7.96. The normalized spacial score (nSPS) is 11.4. The zero-order valence-corrected chi connectivity index (χ0v) is 13.7. The second-order valence-corrected chi connectivity index (χ2v) is 6.14. The number of rotatable bonds is 7. The summed E-state index contributed by atoms with van der Waals surface area (Å²) in [6.45, 7) is 11.8. The summed E-state index contributed by atoms with van der Waals surface area (Å²) in [5.74, 6) is 1.22. The lowest BCUT2D eigenvalue weighted by Gasteiger charge is -2.24. The van der Waals surface area contributed by atoms with Crippen LogP contribution in [0.5, 0.6) is 0 Å². The van der Waals surface area contributed by atoms with E-state index in [-0.39, 0.29) is 11.5 Å². The fourth-order valence-corrected chi connectivity index (χ4v) is 2.48. The minimum atomic E-state index is -0.217. The van der Waals surface area contributed by atoms with Gasteiger partial charge < -0.3 is 5.32 Å². The van der Waals surface area contributed by atoms with Crippen molar-refractivity contribution < 1.29 is 4.79 Å². The third-order valence-corrected chi connectivity index (χ3v) is 3.75. The van der Waals surface area contributed by atoms with Crippen molar-refractivity contribution in [2.45, 2.75) is 47.6 Å². The molecule has 0 aromatic carbocycles. The third-order valence-electron chi connectivity index (χ3n) is 3.75. The lowest BCUT2D eigenvalue weighted by Crippen LogP contribution is -2.35. The predicted octanol–water partition coefficient (Wildman–Crippen LogP) is 2.31. The summed E-state index contributed by atoms with van der Waals surface area (Å²) in [5, 5.41) is 7.06. The molecule has 0 saturated heterocycles. The van der Waals surface area contributed by atoms with E-state index in [0.717, 1.165) is 6.42 Å². The highest BCUT2D eigenvalue weighted by molar-refractivity contribution is 5.91. The van der Waals surface area contributed by atoms with E-state index in [4.69, 9.17) is 0 Å². The Labute approximate surface area is 126 Å². The average molecular weight is 293 g/mol. The van der Waals surface area contributed by atoms with Gasteiger partial charge in [0.05, 0.1) is 0 Å². The van der Waals surface area contributed by atoms with Gasteiger partial charge in [-0.25, -0.2) is 4.68 Å². The predicted molar refractivity (Wildman–Crippen MR) is 84.3 cm³/mol. The SMILES string of the molecule is CCCn1nc(C(=O)NCC(C(C)C)C(C)C)ccc1=O.